The van der Waals surface area contributed by atoms with Gasteiger partial charge in [-0.1, -0.05) is 5.16 Å². The lowest BCUT2D eigenvalue weighted by molar-refractivity contribution is -0.158. The van der Waals surface area contributed by atoms with E-state index < -0.39 is 17.2 Å². The predicted molar refractivity (Wildman–Crippen MR) is 95.5 cm³/mol. The smallest absolute Gasteiger partial charge is 0.269 e. The summed E-state index contributed by atoms with van der Waals surface area (Å²) in [5, 5.41) is 6.80. The quantitative estimate of drug-likeness (QED) is 0.870. The van der Waals surface area contributed by atoms with E-state index >= 15 is 0 Å². The topological polar surface area (TPSA) is 83.9 Å². The van der Waals surface area contributed by atoms with Gasteiger partial charge in [-0.3, -0.25) is 14.6 Å². The third-order valence-electron chi connectivity index (χ3n) is 5.66. The summed E-state index contributed by atoms with van der Waals surface area (Å²) < 4.78 is 14.5. The highest BCUT2D eigenvalue weighted by atomic mass is 19.1. The number of amides is 2. The molecule has 1 aromatic rings. The first-order valence-electron chi connectivity index (χ1n) is 9.40. The number of nitrogens with zero attached hydrogens (tertiary/aromatic N) is 3. The highest BCUT2D eigenvalue weighted by molar-refractivity contribution is 6.39. The molecule has 7 nitrogen and oxygen atoms in total. The van der Waals surface area contributed by atoms with Crippen LogP contribution in [0.1, 0.15) is 44.1 Å². The summed E-state index contributed by atoms with van der Waals surface area (Å²) in [6.07, 6.45) is 6.43. The number of pyridine rings is 1. The fourth-order valence-electron chi connectivity index (χ4n) is 3.90. The lowest BCUT2D eigenvalue weighted by Gasteiger charge is -2.43. The van der Waals surface area contributed by atoms with Gasteiger partial charge in [0.1, 0.15) is 5.71 Å². The Morgan fingerprint density at radius 1 is 1.22 bits per heavy atom. The molecule has 1 aromatic heterocycles. The SMILES string of the molecule is O=C(NCc1ccncc1)C1=NOC2(CCCN(C(=O)C3(F)CCC3)C2)C1. The maximum atomic E-state index is 14.5. The third-order valence-corrected chi connectivity index (χ3v) is 5.66. The fraction of sp³-hybridized carbons (Fsp3) is 0.579. The van der Waals surface area contributed by atoms with Crippen LogP contribution >= 0.6 is 0 Å². The summed E-state index contributed by atoms with van der Waals surface area (Å²) >= 11 is 0. The fourth-order valence-corrected chi connectivity index (χ4v) is 3.90. The van der Waals surface area contributed by atoms with Gasteiger partial charge in [-0.05, 0) is 49.8 Å². The molecule has 2 aliphatic heterocycles. The summed E-state index contributed by atoms with van der Waals surface area (Å²) in [6, 6.07) is 3.65. The molecular weight excluding hydrogens is 351 g/mol. The molecule has 1 aliphatic carbocycles. The molecule has 1 saturated heterocycles. The van der Waals surface area contributed by atoms with Crippen LogP contribution in [0.3, 0.4) is 0 Å². The van der Waals surface area contributed by atoms with E-state index in [0.29, 0.717) is 50.9 Å². The first kappa shape index (κ1) is 17.9. The number of carbonyl (C=O) groups is 2. The molecule has 27 heavy (non-hydrogen) atoms. The first-order valence-corrected chi connectivity index (χ1v) is 9.40. The highest BCUT2D eigenvalue weighted by Gasteiger charge is 2.51. The van der Waals surface area contributed by atoms with Crippen LogP contribution in [0, 0.1) is 0 Å². The van der Waals surface area contributed by atoms with Gasteiger partial charge in [0.2, 0.25) is 0 Å². The lowest BCUT2D eigenvalue weighted by Crippen LogP contribution is -2.57. The molecule has 1 unspecified atom stereocenters. The zero-order valence-corrected chi connectivity index (χ0v) is 15.1. The van der Waals surface area contributed by atoms with Crippen molar-refractivity contribution in [3.05, 3.63) is 30.1 Å². The molecule has 1 saturated carbocycles. The largest absolute Gasteiger partial charge is 0.386 e. The standard InChI is InChI=1S/C19H23FN4O3/c20-19(6-1-7-19)17(26)24-10-2-5-18(13-24)11-15(23-27-18)16(25)22-12-14-3-8-21-9-4-14/h3-4,8-9H,1-2,5-7,10-13H2,(H,22,25). The van der Waals surface area contributed by atoms with Crippen molar-refractivity contribution >= 4 is 17.5 Å². The lowest BCUT2D eigenvalue weighted by atomic mass is 9.79. The first-order chi connectivity index (χ1) is 13.0. The molecule has 1 spiro atoms. The number of oxime groups is 1. The molecule has 2 fully saturated rings. The normalized spacial score (nSPS) is 26.1. The number of rotatable bonds is 4. The van der Waals surface area contributed by atoms with Crippen LogP contribution in [0.5, 0.6) is 0 Å². The van der Waals surface area contributed by atoms with Gasteiger partial charge in [0.25, 0.3) is 11.8 Å². The van der Waals surface area contributed by atoms with E-state index in [0.717, 1.165) is 12.0 Å². The van der Waals surface area contributed by atoms with Gasteiger partial charge in [-0.15, -0.1) is 0 Å². The van der Waals surface area contributed by atoms with E-state index in [-0.39, 0.29) is 12.5 Å². The van der Waals surface area contributed by atoms with E-state index in [1.807, 2.05) is 12.1 Å². The zero-order chi connectivity index (χ0) is 18.9. The molecule has 0 radical (unpaired) electrons. The molecular formula is C19H23FN4O3. The van der Waals surface area contributed by atoms with E-state index in [1.54, 1.807) is 17.3 Å². The van der Waals surface area contributed by atoms with Gasteiger partial charge in [0, 0.05) is 31.9 Å². The average Bonchev–Trinajstić information content (AvgIpc) is 3.07. The van der Waals surface area contributed by atoms with Crippen molar-refractivity contribution in [3.63, 3.8) is 0 Å². The number of piperidine rings is 1. The number of halogens is 1. The summed E-state index contributed by atoms with van der Waals surface area (Å²) in [7, 11) is 0. The number of aromatic nitrogens is 1. The monoisotopic (exact) mass is 374 g/mol. The number of nitrogens with one attached hydrogen (secondary N) is 1. The van der Waals surface area contributed by atoms with Gasteiger partial charge >= 0.3 is 0 Å². The van der Waals surface area contributed by atoms with Crippen molar-refractivity contribution < 1.29 is 18.8 Å². The van der Waals surface area contributed by atoms with Gasteiger partial charge in [0.15, 0.2) is 11.3 Å². The number of hydrogen-bond acceptors (Lipinski definition) is 5. The Bertz CT molecular complexity index is 765. The molecule has 2 amide bonds. The Morgan fingerprint density at radius 3 is 2.70 bits per heavy atom. The maximum Gasteiger partial charge on any atom is 0.269 e. The summed E-state index contributed by atoms with van der Waals surface area (Å²) in [4.78, 5) is 36.0. The third kappa shape index (κ3) is 3.52. The van der Waals surface area contributed by atoms with Crippen molar-refractivity contribution in [1.29, 1.82) is 0 Å². The minimum atomic E-state index is -1.71. The van der Waals surface area contributed by atoms with Crippen LogP contribution in [-0.4, -0.2) is 51.8 Å². The number of hydrogen-bond donors (Lipinski definition) is 1. The van der Waals surface area contributed by atoms with E-state index in [2.05, 4.69) is 15.5 Å². The van der Waals surface area contributed by atoms with Crippen LogP contribution in [0.25, 0.3) is 0 Å². The molecule has 0 aromatic carbocycles. The van der Waals surface area contributed by atoms with Crippen LogP contribution in [0.4, 0.5) is 4.39 Å². The second-order valence-electron chi connectivity index (χ2n) is 7.68. The molecule has 3 aliphatic rings. The molecule has 4 rings (SSSR count). The summed E-state index contributed by atoms with van der Waals surface area (Å²) in [6.45, 7) is 1.18. The highest BCUT2D eigenvalue weighted by Crippen LogP contribution is 2.40. The number of carbonyl (C=O) groups excluding carboxylic acids is 2. The van der Waals surface area contributed by atoms with Crippen molar-refractivity contribution in [2.75, 3.05) is 13.1 Å². The van der Waals surface area contributed by atoms with Gasteiger partial charge < -0.3 is 15.1 Å². The van der Waals surface area contributed by atoms with Crippen molar-refractivity contribution in [1.82, 2.24) is 15.2 Å². The summed E-state index contributed by atoms with van der Waals surface area (Å²) in [5.41, 5.74) is -1.16. The van der Waals surface area contributed by atoms with E-state index in [1.165, 1.54) is 0 Å². The second kappa shape index (κ2) is 6.90. The van der Waals surface area contributed by atoms with Crippen LogP contribution in [0.15, 0.2) is 29.7 Å². The minimum absolute atomic E-state index is 0.280. The van der Waals surface area contributed by atoms with Gasteiger partial charge in [-0.2, -0.15) is 0 Å². The van der Waals surface area contributed by atoms with Crippen LogP contribution < -0.4 is 5.32 Å². The van der Waals surface area contributed by atoms with E-state index in [9.17, 15) is 14.0 Å². The Morgan fingerprint density at radius 2 is 2.00 bits per heavy atom. The Labute approximate surface area is 157 Å². The van der Waals surface area contributed by atoms with E-state index in [4.69, 9.17) is 4.84 Å². The zero-order valence-electron chi connectivity index (χ0n) is 15.1. The summed E-state index contributed by atoms with van der Waals surface area (Å²) in [5.74, 6) is -0.722. The Hall–Kier alpha value is -2.51. The Kier molecular flexibility index (Phi) is 4.57. The second-order valence-corrected chi connectivity index (χ2v) is 7.68. The molecule has 0 bridgehead atoms. The van der Waals surface area contributed by atoms with Gasteiger partial charge in [-0.25, -0.2) is 4.39 Å². The maximum absolute atomic E-state index is 14.5. The minimum Gasteiger partial charge on any atom is -0.386 e. The molecule has 144 valence electrons. The molecule has 1 N–H and O–H groups in total. The Balaban J connectivity index is 1.34. The number of likely N-dealkylation sites (tertiary alicyclic amines) is 1. The van der Waals surface area contributed by atoms with Crippen LogP contribution in [-0.2, 0) is 21.0 Å². The molecule has 3 heterocycles. The average molecular weight is 374 g/mol. The van der Waals surface area contributed by atoms with Crippen molar-refractivity contribution in [2.24, 2.45) is 5.16 Å². The molecule has 1 atom stereocenters. The number of alkyl halides is 1. The predicted octanol–water partition coefficient (Wildman–Crippen LogP) is 1.73. The van der Waals surface area contributed by atoms with Crippen molar-refractivity contribution in [3.8, 4) is 0 Å². The van der Waals surface area contributed by atoms with Crippen LogP contribution in [0.2, 0.25) is 0 Å². The van der Waals surface area contributed by atoms with Crippen molar-refractivity contribution in [2.45, 2.75) is 56.3 Å². The molecule has 8 heteroatoms. The van der Waals surface area contributed by atoms with Gasteiger partial charge in [0.05, 0.1) is 6.54 Å².